The summed E-state index contributed by atoms with van der Waals surface area (Å²) in [7, 11) is 2.83. The predicted octanol–water partition coefficient (Wildman–Crippen LogP) is 4.42. The fourth-order valence-electron chi connectivity index (χ4n) is 3.29. The lowest BCUT2D eigenvalue weighted by molar-refractivity contribution is -0.384. The summed E-state index contributed by atoms with van der Waals surface area (Å²) in [4.78, 5) is 25.5. The third-order valence-corrected chi connectivity index (χ3v) is 6.01. The first kappa shape index (κ1) is 24.5. The summed E-state index contributed by atoms with van der Waals surface area (Å²) in [5, 5.41) is 29.7. The number of hydrogen-bond donors (Lipinski definition) is 1. The van der Waals surface area contributed by atoms with Crippen LogP contribution in [0.25, 0.3) is 6.08 Å². The molecule has 0 atom stereocenters. The number of amides is 1. The lowest BCUT2D eigenvalue weighted by atomic mass is 10.1. The number of phenols is 1. The van der Waals surface area contributed by atoms with Crippen LogP contribution in [-0.4, -0.2) is 46.4 Å². The van der Waals surface area contributed by atoms with E-state index in [0.717, 1.165) is 11.8 Å². The van der Waals surface area contributed by atoms with Gasteiger partial charge in [0.05, 0.1) is 43.1 Å². The molecule has 1 amide bonds. The van der Waals surface area contributed by atoms with Crippen LogP contribution in [0.3, 0.4) is 0 Å². The number of thioether (sulfide) groups is 1. The molecule has 0 radical (unpaired) electrons. The van der Waals surface area contributed by atoms with E-state index >= 15 is 0 Å². The molecule has 36 heavy (non-hydrogen) atoms. The summed E-state index contributed by atoms with van der Waals surface area (Å²) in [5.74, 6) is 0.462. The largest absolute Gasteiger partial charge is 0.502 e. The first-order valence-corrected chi connectivity index (χ1v) is 11.3. The summed E-state index contributed by atoms with van der Waals surface area (Å²) < 4.78 is 15.8. The van der Waals surface area contributed by atoms with E-state index in [0.29, 0.717) is 27.0 Å². The van der Waals surface area contributed by atoms with Crippen molar-refractivity contribution < 1.29 is 28.7 Å². The highest BCUT2D eigenvalue weighted by Gasteiger charge is 2.34. The van der Waals surface area contributed by atoms with Crippen LogP contribution in [0.2, 0.25) is 0 Å². The van der Waals surface area contributed by atoms with Crippen molar-refractivity contribution in [2.24, 2.45) is 10.2 Å². The van der Waals surface area contributed by atoms with Crippen molar-refractivity contribution in [2.75, 3.05) is 14.2 Å². The van der Waals surface area contributed by atoms with Gasteiger partial charge in [0.25, 0.3) is 11.6 Å². The maximum atomic E-state index is 13.3. The normalized spacial score (nSPS) is 15.8. The molecule has 184 valence electrons. The zero-order valence-corrected chi connectivity index (χ0v) is 20.0. The van der Waals surface area contributed by atoms with Gasteiger partial charge < -0.3 is 19.0 Å². The van der Waals surface area contributed by atoms with Crippen LogP contribution in [0, 0.1) is 10.1 Å². The Balaban J connectivity index is 1.66. The minimum absolute atomic E-state index is 0.0681. The van der Waals surface area contributed by atoms with E-state index in [9.17, 15) is 20.0 Å². The van der Waals surface area contributed by atoms with E-state index in [1.54, 1.807) is 42.5 Å². The van der Waals surface area contributed by atoms with Gasteiger partial charge in [-0.2, -0.15) is 5.10 Å². The maximum Gasteiger partial charge on any atom is 0.270 e. The number of carbonyl (C=O) groups excluding carboxylic acids is 1. The van der Waals surface area contributed by atoms with Crippen LogP contribution in [0.4, 0.5) is 5.69 Å². The van der Waals surface area contributed by atoms with Crippen LogP contribution in [0.1, 0.15) is 16.9 Å². The Hall–Kier alpha value is -4.58. The number of hydrogen-bond acceptors (Lipinski definition) is 10. The molecule has 1 saturated heterocycles. The van der Waals surface area contributed by atoms with Crippen LogP contribution < -0.4 is 9.47 Å². The van der Waals surface area contributed by atoms with Gasteiger partial charge >= 0.3 is 0 Å². The summed E-state index contributed by atoms with van der Waals surface area (Å²) in [6.07, 6.45) is 4.50. The van der Waals surface area contributed by atoms with Crippen LogP contribution in [0.5, 0.6) is 17.2 Å². The monoisotopic (exact) mass is 508 g/mol. The second kappa shape index (κ2) is 10.8. The molecular formula is C24H20N4O7S. The minimum atomic E-state index is -0.496. The van der Waals surface area contributed by atoms with Crippen molar-refractivity contribution in [1.82, 2.24) is 4.90 Å². The molecule has 2 aromatic carbocycles. The lowest BCUT2D eigenvalue weighted by Gasteiger charge is -2.12. The lowest BCUT2D eigenvalue weighted by Crippen LogP contribution is -2.28. The number of non-ortho nitro benzene ring substituents is 1. The molecule has 1 aliphatic heterocycles. The number of rotatable bonds is 8. The molecule has 1 aliphatic rings. The first-order chi connectivity index (χ1) is 17.4. The number of nitrogens with zero attached hydrogens (tertiary/aromatic N) is 4. The number of nitro benzene ring substituents is 1. The topological polar surface area (TPSA) is 140 Å². The molecule has 4 rings (SSSR count). The van der Waals surface area contributed by atoms with E-state index in [-0.39, 0.29) is 35.4 Å². The third kappa shape index (κ3) is 5.39. The number of amidine groups is 1. The number of nitro groups is 1. The van der Waals surface area contributed by atoms with Crippen LogP contribution in [-0.2, 0) is 11.3 Å². The summed E-state index contributed by atoms with van der Waals surface area (Å²) in [5.41, 5.74) is 0.984. The zero-order valence-electron chi connectivity index (χ0n) is 19.2. The van der Waals surface area contributed by atoms with Crippen molar-refractivity contribution in [1.29, 1.82) is 0 Å². The fraction of sp³-hybridized carbons (Fsp3) is 0.125. The molecule has 2 heterocycles. The molecule has 12 heteroatoms. The molecule has 0 unspecified atom stereocenters. The van der Waals surface area contributed by atoms with Gasteiger partial charge in [0.1, 0.15) is 5.76 Å². The zero-order chi connectivity index (χ0) is 25.7. The number of carbonyl (C=O) groups is 1. The van der Waals surface area contributed by atoms with E-state index in [1.807, 2.05) is 0 Å². The maximum absolute atomic E-state index is 13.3. The highest BCUT2D eigenvalue weighted by Crippen LogP contribution is 2.39. The van der Waals surface area contributed by atoms with E-state index in [2.05, 4.69) is 10.2 Å². The van der Waals surface area contributed by atoms with E-state index in [1.165, 1.54) is 43.7 Å². The van der Waals surface area contributed by atoms with Crippen molar-refractivity contribution >= 4 is 40.8 Å². The average Bonchev–Trinajstić information content (AvgIpc) is 3.49. The minimum Gasteiger partial charge on any atom is -0.502 e. The number of benzene rings is 2. The van der Waals surface area contributed by atoms with Gasteiger partial charge in [-0.15, -0.1) is 5.10 Å². The number of furan rings is 1. The number of aromatic hydroxyl groups is 1. The standard InChI is InChI=1S/C24H20N4O7S/c1-33-19-10-16(11-20(34-2)22(19)29)12-21-23(30)27(14-18-7-4-8-35-18)24(36-21)26-25-13-15-5-3-6-17(9-15)28(31)32/h3-13,29H,14H2,1-2H3/b21-12-,25-13-,26-24+. The van der Waals surface area contributed by atoms with Gasteiger partial charge in [-0.05, 0) is 47.7 Å². The summed E-state index contributed by atoms with van der Waals surface area (Å²) in [6, 6.07) is 12.5. The molecule has 0 spiro atoms. The highest BCUT2D eigenvalue weighted by molar-refractivity contribution is 8.18. The molecule has 0 saturated carbocycles. The van der Waals surface area contributed by atoms with Gasteiger partial charge in [-0.3, -0.25) is 19.8 Å². The average molecular weight is 509 g/mol. The number of methoxy groups -OCH3 is 2. The molecular weight excluding hydrogens is 488 g/mol. The molecule has 0 bridgehead atoms. The highest BCUT2D eigenvalue weighted by atomic mass is 32.2. The Kier molecular flexibility index (Phi) is 7.35. The molecule has 11 nitrogen and oxygen atoms in total. The third-order valence-electron chi connectivity index (χ3n) is 5.01. The van der Waals surface area contributed by atoms with Crippen LogP contribution >= 0.6 is 11.8 Å². The molecule has 1 fully saturated rings. The summed E-state index contributed by atoms with van der Waals surface area (Å²) in [6.45, 7) is 0.129. The van der Waals surface area contributed by atoms with Crippen molar-refractivity contribution in [3.63, 3.8) is 0 Å². The molecule has 1 N–H and O–H groups in total. The molecule has 0 aliphatic carbocycles. The van der Waals surface area contributed by atoms with Gasteiger partial charge in [0.15, 0.2) is 16.7 Å². The van der Waals surface area contributed by atoms with Crippen LogP contribution in [0.15, 0.2) is 74.3 Å². The van der Waals surface area contributed by atoms with Gasteiger partial charge in [0, 0.05) is 17.7 Å². The predicted molar refractivity (Wildman–Crippen MR) is 134 cm³/mol. The molecule has 1 aromatic heterocycles. The summed E-state index contributed by atoms with van der Waals surface area (Å²) >= 11 is 1.10. The Morgan fingerprint density at radius 1 is 1.14 bits per heavy atom. The van der Waals surface area contributed by atoms with Gasteiger partial charge in [-0.25, -0.2) is 0 Å². The smallest absolute Gasteiger partial charge is 0.270 e. The van der Waals surface area contributed by atoms with Crippen molar-refractivity contribution in [2.45, 2.75) is 6.54 Å². The van der Waals surface area contributed by atoms with Gasteiger partial charge in [0.2, 0.25) is 5.75 Å². The SMILES string of the molecule is COc1cc(/C=C2\S/C(=N/N=C\c3cccc([N+](=O)[O-])c3)N(Cc3ccco3)C2=O)cc(OC)c1O. The van der Waals surface area contributed by atoms with E-state index in [4.69, 9.17) is 13.9 Å². The molecule has 3 aromatic rings. The van der Waals surface area contributed by atoms with Crippen molar-refractivity contribution in [3.05, 3.63) is 86.7 Å². The quantitative estimate of drug-likeness (QED) is 0.204. The number of ether oxygens (including phenoxy) is 2. The van der Waals surface area contributed by atoms with Crippen molar-refractivity contribution in [3.8, 4) is 17.2 Å². The second-order valence-electron chi connectivity index (χ2n) is 7.33. The number of phenolic OH excluding ortho intramolecular Hbond substituents is 1. The Morgan fingerprint density at radius 3 is 2.53 bits per heavy atom. The van der Waals surface area contributed by atoms with E-state index < -0.39 is 4.92 Å². The second-order valence-corrected chi connectivity index (χ2v) is 8.34. The fourth-order valence-corrected chi connectivity index (χ4v) is 4.23. The Morgan fingerprint density at radius 2 is 1.89 bits per heavy atom. The first-order valence-electron chi connectivity index (χ1n) is 10.4. The Bertz CT molecular complexity index is 1360. The van der Waals surface area contributed by atoms with Gasteiger partial charge in [-0.1, -0.05) is 12.1 Å². The Labute approximate surface area is 209 Å².